The van der Waals surface area contributed by atoms with Gasteiger partial charge in [-0.3, -0.25) is 4.90 Å². The Morgan fingerprint density at radius 3 is 2.38 bits per heavy atom. The summed E-state index contributed by atoms with van der Waals surface area (Å²) in [5.41, 5.74) is -0.0401. The van der Waals surface area contributed by atoms with E-state index in [1.165, 1.54) is 21.9 Å². The summed E-state index contributed by atoms with van der Waals surface area (Å²) in [5, 5.41) is 0.449. The van der Waals surface area contributed by atoms with Gasteiger partial charge in [0.2, 0.25) is 0 Å². The zero-order valence-electron chi connectivity index (χ0n) is 15.4. The Morgan fingerprint density at radius 1 is 1.14 bits per heavy atom. The molecule has 29 heavy (non-hydrogen) atoms. The highest BCUT2D eigenvalue weighted by molar-refractivity contribution is 7.90. The van der Waals surface area contributed by atoms with E-state index in [0.29, 0.717) is 16.3 Å². The Bertz CT molecular complexity index is 1010. The van der Waals surface area contributed by atoms with Crippen molar-refractivity contribution in [2.45, 2.75) is 12.2 Å². The van der Waals surface area contributed by atoms with E-state index in [-0.39, 0.29) is 18.8 Å². The van der Waals surface area contributed by atoms with Gasteiger partial charge in [0.1, 0.15) is 9.84 Å². The average Bonchev–Trinajstić information content (AvgIpc) is 2.96. The van der Waals surface area contributed by atoms with Gasteiger partial charge < -0.3 is 4.90 Å². The van der Waals surface area contributed by atoms with E-state index < -0.39 is 33.6 Å². The molecule has 2 aromatic rings. The van der Waals surface area contributed by atoms with Crippen LogP contribution in [0.15, 0.2) is 48.5 Å². The quantitative estimate of drug-likeness (QED) is 0.684. The van der Waals surface area contributed by atoms with Gasteiger partial charge in [-0.2, -0.15) is 13.2 Å². The molecule has 1 aliphatic rings. The lowest BCUT2D eigenvalue weighted by atomic mass is 10.0. The zero-order valence-corrected chi connectivity index (χ0v) is 16.9. The number of amides is 2. The summed E-state index contributed by atoms with van der Waals surface area (Å²) >= 11 is 5.90. The van der Waals surface area contributed by atoms with Crippen LogP contribution < -0.4 is 4.90 Å². The number of sulfone groups is 1. The van der Waals surface area contributed by atoms with Crippen molar-refractivity contribution >= 4 is 33.2 Å². The fraction of sp³-hybridized carbons (Fsp3) is 0.316. The molecule has 0 spiro atoms. The number of hydrogen-bond acceptors (Lipinski definition) is 3. The van der Waals surface area contributed by atoms with Crippen molar-refractivity contribution in [3.05, 3.63) is 64.7 Å². The molecule has 5 nitrogen and oxygen atoms in total. The topological polar surface area (TPSA) is 57.7 Å². The number of anilines is 1. The third-order valence-electron chi connectivity index (χ3n) is 4.62. The second-order valence-corrected chi connectivity index (χ2v) is 9.54. The Kier molecular flexibility index (Phi) is 5.82. The molecule has 1 unspecified atom stereocenters. The van der Waals surface area contributed by atoms with Crippen LogP contribution in [0.2, 0.25) is 5.02 Å². The molecule has 0 saturated carbocycles. The Morgan fingerprint density at radius 2 is 1.79 bits per heavy atom. The summed E-state index contributed by atoms with van der Waals surface area (Å²) in [6.45, 7) is 0.0233. The van der Waals surface area contributed by atoms with Gasteiger partial charge in [0.25, 0.3) is 0 Å². The Balaban J connectivity index is 1.99. The number of carbonyl (C=O) groups excluding carboxylic acids is 1. The first kappa shape index (κ1) is 21.4. The van der Waals surface area contributed by atoms with Crippen molar-refractivity contribution < 1.29 is 26.4 Å². The third kappa shape index (κ3) is 5.02. The number of hydrogen-bond donors (Lipinski definition) is 0. The largest absolute Gasteiger partial charge is 0.416 e. The highest BCUT2D eigenvalue weighted by Gasteiger charge is 2.40. The molecule has 1 atom stereocenters. The predicted molar refractivity (Wildman–Crippen MR) is 105 cm³/mol. The molecule has 2 amide bonds. The second-order valence-electron chi connectivity index (χ2n) is 6.84. The molecule has 1 aliphatic heterocycles. The summed E-state index contributed by atoms with van der Waals surface area (Å²) in [4.78, 5) is 15.7. The summed E-state index contributed by atoms with van der Waals surface area (Å²) in [5.74, 6) is -0.234. The maximum Gasteiger partial charge on any atom is 0.416 e. The minimum atomic E-state index is -4.51. The first-order valence-corrected chi connectivity index (χ1v) is 11.1. The van der Waals surface area contributed by atoms with Gasteiger partial charge in [0.15, 0.2) is 0 Å². The zero-order chi connectivity index (χ0) is 21.4. The number of halogens is 4. The molecular formula is C19H18ClF3N2O3S. The van der Waals surface area contributed by atoms with E-state index in [2.05, 4.69) is 0 Å². The molecule has 1 saturated heterocycles. The van der Waals surface area contributed by atoms with Gasteiger partial charge in [-0.05, 0) is 42.0 Å². The van der Waals surface area contributed by atoms with Crippen LogP contribution in [0, 0.1) is 0 Å². The molecule has 0 N–H and O–H groups in total. The van der Waals surface area contributed by atoms with Gasteiger partial charge >= 0.3 is 12.2 Å². The van der Waals surface area contributed by atoms with Crippen molar-refractivity contribution in [1.82, 2.24) is 4.90 Å². The van der Waals surface area contributed by atoms with Crippen molar-refractivity contribution in [3.63, 3.8) is 0 Å². The normalized spacial score (nSPS) is 17.8. The fourth-order valence-corrected chi connectivity index (χ4v) is 3.86. The molecule has 0 bridgehead atoms. The van der Waals surface area contributed by atoms with Crippen LogP contribution in [0.3, 0.4) is 0 Å². The van der Waals surface area contributed by atoms with Crippen LogP contribution in [-0.4, -0.2) is 44.4 Å². The molecule has 0 radical (unpaired) electrons. The molecule has 0 aromatic heterocycles. The molecule has 10 heteroatoms. The summed E-state index contributed by atoms with van der Waals surface area (Å²) in [6.07, 6.45) is -3.45. The van der Waals surface area contributed by atoms with Crippen LogP contribution in [0.5, 0.6) is 0 Å². The minimum absolute atomic E-state index is 0.0444. The van der Waals surface area contributed by atoms with Crippen LogP contribution in [0.25, 0.3) is 0 Å². The van der Waals surface area contributed by atoms with Gasteiger partial charge in [0, 0.05) is 30.1 Å². The minimum Gasteiger partial charge on any atom is -0.321 e. The summed E-state index contributed by atoms with van der Waals surface area (Å²) in [7, 11) is -3.31. The van der Waals surface area contributed by atoms with Gasteiger partial charge in [0.05, 0.1) is 17.4 Å². The summed E-state index contributed by atoms with van der Waals surface area (Å²) < 4.78 is 62.5. The lowest BCUT2D eigenvalue weighted by Crippen LogP contribution is -2.35. The van der Waals surface area contributed by atoms with Gasteiger partial charge in [-0.1, -0.05) is 23.7 Å². The van der Waals surface area contributed by atoms with Gasteiger partial charge in [-0.25, -0.2) is 13.2 Å². The molecule has 1 fully saturated rings. The van der Waals surface area contributed by atoms with Crippen molar-refractivity contribution in [1.29, 1.82) is 0 Å². The molecule has 3 rings (SSSR count). The van der Waals surface area contributed by atoms with E-state index in [1.807, 2.05) is 0 Å². The van der Waals surface area contributed by atoms with Crippen molar-refractivity contribution in [2.24, 2.45) is 0 Å². The van der Waals surface area contributed by atoms with E-state index in [0.717, 1.165) is 18.4 Å². The molecule has 1 heterocycles. The standard InChI is InChI=1S/C19H18ClF3N2O3S/c1-29(27,28)10-9-24-12-17(13-3-2-4-14(11-13)19(21,22)23)25(18(24)26)16-7-5-15(20)6-8-16/h2-8,11,17H,9-10,12H2,1H3. The number of benzene rings is 2. The maximum absolute atomic E-state index is 13.2. The predicted octanol–water partition coefficient (Wildman–Crippen LogP) is 4.39. The first-order valence-electron chi connectivity index (χ1n) is 8.64. The summed E-state index contributed by atoms with van der Waals surface area (Å²) in [6, 6.07) is 9.97. The highest BCUT2D eigenvalue weighted by atomic mass is 35.5. The van der Waals surface area contributed by atoms with Crippen molar-refractivity contribution in [3.8, 4) is 0 Å². The third-order valence-corrected chi connectivity index (χ3v) is 5.79. The number of carbonyl (C=O) groups is 1. The van der Waals surface area contributed by atoms with Crippen molar-refractivity contribution in [2.75, 3.05) is 30.0 Å². The average molecular weight is 447 g/mol. The van der Waals surface area contributed by atoms with E-state index >= 15 is 0 Å². The molecule has 0 aliphatic carbocycles. The van der Waals surface area contributed by atoms with Crippen LogP contribution in [-0.2, 0) is 16.0 Å². The second kappa shape index (κ2) is 7.87. The van der Waals surface area contributed by atoms with Crippen LogP contribution in [0.4, 0.5) is 23.7 Å². The first-order chi connectivity index (χ1) is 13.5. The lowest BCUT2D eigenvalue weighted by molar-refractivity contribution is -0.137. The highest BCUT2D eigenvalue weighted by Crippen LogP contribution is 2.37. The number of urea groups is 1. The number of rotatable bonds is 5. The monoisotopic (exact) mass is 446 g/mol. The van der Waals surface area contributed by atoms with E-state index in [9.17, 15) is 26.4 Å². The SMILES string of the molecule is CS(=O)(=O)CCN1CC(c2cccc(C(F)(F)F)c2)N(c2ccc(Cl)cc2)C1=O. The molecule has 2 aromatic carbocycles. The number of alkyl halides is 3. The maximum atomic E-state index is 13.2. The van der Waals surface area contributed by atoms with E-state index in [4.69, 9.17) is 11.6 Å². The van der Waals surface area contributed by atoms with Gasteiger partial charge in [-0.15, -0.1) is 0 Å². The lowest BCUT2D eigenvalue weighted by Gasteiger charge is -2.24. The van der Waals surface area contributed by atoms with Crippen LogP contribution in [0.1, 0.15) is 17.2 Å². The van der Waals surface area contributed by atoms with Crippen LogP contribution >= 0.6 is 11.6 Å². The molecule has 156 valence electrons. The Hall–Kier alpha value is -2.26. The Labute approximate surface area is 171 Å². The number of nitrogens with zero attached hydrogens (tertiary/aromatic N) is 2. The fourth-order valence-electron chi connectivity index (χ4n) is 3.19. The molecular weight excluding hydrogens is 429 g/mol. The van der Waals surface area contributed by atoms with E-state index in [1.54, 1.807) is 24.3 Å². The smallest absolute Gasteiger partial charge is 0.321 e.